The van der Waals surface area contributed by atoms with Crippen LogP contribution in [-0.2, 0) is 19.0 Å². The van der Waals surface area contributed by atoms with Gasteiger partial charge < -0.3 is 79.9 Å². The zero-order valence-electron chi connectivity index (χ0n) is 27.9. The molecule has 18 heteroatoms. The average Bonchev–Trinajstić information content (AvgIpc) is 3.15. The van der Waals surface area contributed by atoms with E-state index in [9.17, 15) is 61.0 Å². The molecular weight excluding hydrogens is 720 g/mol. The molecule has 2 aliphatic rings. The first-order chi connectivity index (χ1) is 25.7. The van der Waals surface area contributed by atoms with Crippen molar-refractivity contribution in [2.75, 3.05) is 13.2 Å². The minimum absolute atomic E-state index is 0.00195. The molecule has 3 aromatic carbocycles. The van der Waals surface area contributed by atoms with Crippen LogP contribution >= 0.6 is 0 Å². The van der Waals surface area contributed by atoms with Crippen molar-refractivity contribution in [2.45, 2.75) is 61.4 Å². The number of carbonyl (C=O) groups is 1. The van der Waals surface area contributed by atoms with Crippen molar-refractivity contribution < 1.29 is 89.1 Å². The number of ether oxygens (including phenoxy) is 5. The molecule has 6 rings (SSSR count). The van der Waals surface area contributed by atoms with Crippen molar-refractivity contribution in [3.05, 3.63) is 72.3 Å². The third-order valence-electron chi connectivity index (χ3n) is 8.74. The normalized spacial score (nSPS) is 28.6. The first-order valence-corrected chi connectivity index (χ1v) is 16.4. The van der Waals surface area contributed by atoms with Gasteiger partial charge in [-0.25, -0.2) is 9.21 Å². The number of rotatable bonds is 10. The molecule has 11 N–H and O–H groups in total. The lowest BCUT2D eigenvalue weighted by Crippen LogP contribution is -2.60. The summed E-state index contributed by atoms with van der Waals surface area (Å²) in [5, 5.41) is 113. The minimum atomic E-state index is -1.89. The summed E-state index contributed by atoms with van der Waals surface area (Å²) in [5.74, 6) is -2.97. The molecule has 1 aromatic heterocycles. The number of aromatic hydroxyl groups is 4. The highest BCUT2D eigenvalue weighted by Crippen LogP contribution is 2.43. The van der Waals surface area contributed by atoms with Gasteiger partial charge in [0.25, 0.3) is 0 Å². The van der Waals surface area contributed by atoms with E-state index < -0.39 is 97.8 Å². The summed E-state index contributed by atoms with van der Waals surface area (Å²) in [6, 6.07) is 13.0. The van der Waals surface area contributed by atoms with Crippen LogP contribution in [0.1, 0.15) is 5.56 Å². The van der Waals surface area contributed by atoms with Crippen LogP contribution in [0, 0.1) is 0 Å². The van der Waals surface area contributed by atoms with E-state index >= 15 is 0 Å². The molecular formula is C36H37O18+. The second kappa shape index (κ2) is 16.0. The number of esters is 1. The number of phenols is 4. The lowest BCUT2D eigenvalue weighted by molar-refractivity contribution is -0.278. The lowest BCUT2D eigenvalue weighted by atomic mass is 9.99. The highest BCUT2D eigenvalue weighted by Gasteiger charge is 2.47. The van der Waals surface area contributed by atoms with Gasteiger partial charge in [0.2, 0.25) is 18.3 Å². The number of aliphatic hydroxyl groups excluding tert-OH is 7. The SMILES string of the molecule is O=C(/C=C/c1ccc(O)cc1)OCC1O[C@@H](Oc2cc(O)cc3[o+]c(-c4ccc(O)c(O)c4)c(O[C@@H]4OC(CO)[C@H](O)C(O)C4O)cc23)C(O)[C@@H](O)[C@@H]1O. The van der Waals surface area contributed by atoms with Gasteiger partial charge in [0, 0.05) is 24.3 Å². The van der Waals surface area contributed by atoms with Crippen molar-refractivity contribution >= 4 is 23.0 Å². The highest BCUT2D eigenvalue weighted by molar-refractivity contribution is 5.89. The molecule has 4 aromatic rings. The molecule has 288 valence electrons. The third-order valence-corrected chi connectivity index (χ3v) is 8.74. The largest absolute Gasteiger partial charge is 0.508 e. The monoisotopic (exact) mass is 757 g/mol. The molecule has 2 fully saturated rings. The van der Waals surface area contributed by atoms with Gasteiger partial charge in [0.15, 0.2) is 11.5 Å². The van der Waals surface area contributed by atoms with E-state index in [-0.39, 0.29) is 39.5 Å². The summed E-state index contributed by atoms with van der Waals surface area (Å²) in [5.41, 5.74) is 0.562. The van der Waals surface area contributed by atoms with Gasteiger partial charge in [-0.1, -0.05) is 12.1 Å². The Morgan fingerprint density at radius 3 is 1.96 bits per heavy atom. The minimum Gasteiger partial charge on any atom is -0.508 e. The summed E-state index contributed by atoms with van der Waals surface area (Å²) < 4.78 is 34.2. The van der Waals surface area contributed by atoms with Crippen molar-refractivity contribution in [1.82, 2.24) is 0 Å². The van der Waals surface area contributed by atoms with Gasteiger partial charge in [-0.05, 0) is 35.9 Å². The Hall–Kier alpha value is -5.28. The van der Waals surface area contributed by atoms with Gasteiger partial charge >= 0.3 is 17.3 Å². The molecule has 2 aliphatic heterocycles. The number of fused-ring (bicyclic) bond motifs is 1. The Morgan fingerprint density at radius 2 is 1.31 bits per heavy atom. The van der Waals surface area contributed by atoms with Crippen LogP contribution in [-0.4, -0.2) is 137 Å². The third kappa shape index (κ3) is 8.11. The molecule has 0 aliphatic carbocycles. The number of aliphatic hydroxyl groups is 7. The molecule has 54 heavy (non-hydrogen) atoms. The fraction of sp³-hybridized carbons (Fsp3) is 0.333. The Kier molecular flexibility index (Phi) is 11.4. The lowest BCUT2D eigenvalue weighted by Gasteiger charge is -2.40. The van der Waals surface area contributed by atoms with Crippen LogP contribution in [0.25, 0.3) is 28.4 Å². The molecule has 10 atom stereocenters. The average molecular weight is 758 g/mol. The predicted molar refractivity (Wildman–Crippen MR) is 181 cm³/mol. The van der Waals surface area contributed by atoms with Crippen molar-refractivity contribution in [3.8, 4) is 45.8 Å². The van der Waals surface area contributed by atoms with Gasteiger partial charge in [-0.2, -0.15) is 0 Å². The molecule has 0 spiro atoms. The molecule has 3 heterocycles. The summed E-state index contributed by atoms with van der Waals surface area (Å²) in [4.78, 5) is 12.4. The van der Waals surface area contributed by atoms with E-state index in [4.69, 9.17) is 28.1 Å². The first-order valence-electron chi connectivity index (χ1n) is 16.4. The predicted octanol–water partition coefficient (Wildman–Crippen LogP) is -0.175. The van der Waals surface area contributed by atoms with Crippen LogP contribution in [0.2, 0.25) is 0 Å². The highest BCUT2D eigenvalue weighted by atomic mass is 16.7. The Bertz CT molecular complexity index is 1980. The Balaban J connectivity index is 1.30. The Morgan fingerprint density at radius 1 is 0.685 bits per heavy atom. The maximum atomic E-state index is 12.4. The van der Waals surface area contributed by atoms with Gasteiger partial charge in [-0.15, -0.1) is 0 Å². The quantitative estimate of drug-likeness (QED) is 0.0433. The molecule has 18 nitrogen and oxygen atoms in total. The summed E-state index contributed by atoms with van der Waals surface area (Å²) in [7, 11) is 0. The van der Waals surface area contributed by atoms with Crippen LogP contribution in [0.15, 0.2) is 71.2 Å². The van der Waals surface area contributed by atoms with Crippen LogP contribution < -0.4 is 9.47 Å². The van der Waals surface area contributed by atoms with E-state index in [1.165, 1.54) is 30.3 Å². The van der Waals surface area contributed by atoms with E-state index in [0.717, 1.165) is 30.3 Å². The van der Waals surface area contributed by atoms with E-state index in [2.05, 4.69) is 0 Å². The fourth-order valence-corrected chi connectivity index (χ4v) is 5.75. The van der Waals surface area contributed by atoms with E-state index in [0.29, 0.717) is 5.56 Å². The topological polar surface area (TPSA) is 297 Å². The summed E-state index contributed by atoms with van der Waals surface area (Å²) in [6.45, 7) is -1.36. The zero-order chi connectivity index (χ0) is 38.8. The van der Waals surface area contributed by atoms with Gasteiger partial charge in [-0.3, -0.25) is 0 Å². The molecule has 0 radical (unpaired) electrons. The first kappa shape index (κ1) is 38.4. The standard InChI is InChI=1S/C36H36O18/c37-13-25-28(43)30(45)32(47)36(53-25)52-24-12-19-22(50-34(24)16-4-7-20(40)21(41)9-16)10-18(39)11-23(19)51-35-33(48)31(46)29(44)26(54-35)14-49-27(42)8-3-15-1-5-17(38)6-2-15/h1-12,25-26,28-33,35-37,43-48H,13-14H2,(H3-,38,39,40,41,42)/p+1/t25?,26?,28-,29+,30?,31-,32?,33?,35+,36+/m0/s1. The molecule has 0 bridgehead atoms. The fourth-order valence-electron chi connectivity index (χ4n) is 5.75. The zero-order valence-corrected chi connectivity index (χ0v) is 27.9. The maximum absolute atomic E-state index is 12.4. The van der Waals surface area contributed by atoms with Crippen molar-refractivity contribution in [2.24, 2.45) is 0 Å². The van der Waals surface area contributed by atoms with Crippen LogP contribution in [0.5, 0.6) is 34.5 Å². The van der Waals surface area contributed by atoms with E-state index in [1.807, 2.05) is 0 Å². The molecule has 0 saturated carbocycles. The number of carbonyl (C=O) groups excluding carboxylic acids is 1. The molecule has 5 unspecified atom stereocenters. The van der Waals surface area contributed by atoms with E-state index in [1.54, 1.807) is 12.1 Å². The van der Waals surface area contributed by atoms with Crippen molar-refractivity contribution in [1.29, 1.82) is 0 Å². The number of benzene rings is 3. The smallest absolute Gasteiger partial charge is 0.402 e. The molecule has 2 saturated heterocycles. The van der Waals surface area contributed by atoms with Gasteiger partial charge in [0.05, 0.1) is 18.2 Å². The van der Waals surface area contributed by atoms with Crippen LogP contribution in [0.3, 0.4) is 0 Å². The van der Waals surface area contributed by atoms with Crippen LogP contribution in [0.4, 0.5) is 0 Å². The second-order valence-electron chi connectivity index (χ2n) is 12.5. The second-order valence-corrected chi connectivity index (χ2v) is 12.5. The number of hydrogen-bond acceptors (Lipinski definition) is 17. The van der Waals surface area contributed by atoms with Crippen molar-refractivity contribution in [3.63, 3.8) is 0 Å². The van der Waals surface area contributed by atoms with Gasteiger partial charge in [0.1, 0.15) is 78.1 Å². The summed E-state index contributed by atoms with van der Waals surface area (Å²) >= 11 is 0. The summed E-state index contributed by atoms with van der Waals surface area (Å²) in [6.07, 6.45) is -14.6. The number of phenolic OH excluding ortho intramolecular Hbond substituents is 4. The Labute approximate surface area is 304 Å². The molecule has 0 amide bonds. The number of hydrogen-bond donors (Lipinski definition) is 11. The maximum Gasteiger partial charge on any atom is 0.402 e.